The molecular weight excluding hydrogens is 542 g/mol. The van der Waals surface area contributed by atoms with E-state index >= 15 is 0 Å². The molecular formula is C33H37N7O3. The van der Waals surface area contributed by atoms with Gasteiger partial charge in [-0.2, -0.15) is 0 Å². The highest BCUT2D eigenvalue weighted by Crippen LogP contribution is 2.36. The normalized spacial score (nSPS) is 16.3. The zero-order chi connectivity index (χ0) is 30.7. The second-order valence-corrected chi connectivity index (χ2v) is 11.5. The van der Waals surface area contributed by atoms with Gasteiger partial charge in [0.05, 0.1) is 29.3 Å². The number of carbonyl (C=O) groups is 1. The number of hydrogen-bond donors (Lipinski definition) is 2. The van der Waals surface area contributed by atoms with E-state index in [0.29, 0.717) is 42.4 Å². The summed E-state index contributed by atoms with van der Waals surface area (Å²) in [6.07, 6.45) is 4.81. The first kappa shape index (κ1) is 29.7. The van der Waals surface area contributed by atoms with Gasteiger partial charge >= 0.3 is 0 Å². The zero-order valence-electron chi connectivity index (χ0n) is 24.9. The fraction of sp³-hybridized carbons (Fsp3) is 0.303. The fourth-order valence-electron chi connectivity index (χ4n) is 5.23. The molecule has 222 valence electrons. The van der Waals surface area contributed by atoms with Crippen LogP contribution in [0, 0.1) is 0 Å². The molecule has 0 aliphatic carbocycles. The Morgan fingerprint density at radius 3 is 2.51 bits per heavy atom. The number of hydrogen-bond acceptors (Lipinski definition) is 8. The molecule has 0 saturated carbocycles. The number of aliphatic imine (C=N–C) groups is 1. The number of nitrogens with zero attached hydrogens (tertiary/aromatic N) is 6. The first-order valence-corrected chi connectivity index (χ1v) is 14.2. The van der Waals surface area contributed by atoms with E-state index < -0.39 is 5.60 Å². The Morgan fingerprint density at radius 2 is 1.84 bits per heavy atom. The van der Waals surface area contributed by atoms with Gasteiger partial charge in [0.1, 0.15) is 5.82 Å². The van der Waals surface area contributed by atoms with Crippen LogP contribution in [0.4, 0.5) is 5.82 Å². The Bertz CT molecular complexity index is 1760. The maximum atomic E-state index is 12.4. The predicted molar refractivity (Wildman–Crippen MR) is 171 cm³/mol. The lowest BCUT2D eigenvalue weighted by atomic mass is 10.00. The average Bonchev–Trinajstić information content (AvgIpc) is 2.99. The Hall–Kier alpha value is -4.83. The summed E-state index contributed by atoms with van der Waals surface area (Å²) < 4.78 is 1.55. The van der Waals surface area contributed by atoms with Crippen molar-refractivity contribution in [3.63, 3.8) is 0 Å². The summed E-state index contributed by atoms with van der Waals surface area (Å²) in [7, 11) is 1.73. The average molecular weight is 580 g/mol. The highest BCUT2D eigenvalue weighted by Gasteiger charge is 2.32. The van der Waals surface area contributed by atoms with E-state index in [2.05, 4.69) is 22.0 Å². The van der Waals surface area contributed by atoms with Gasteiger partial charge in [0, 0.05) is 63.7 Å². The van der Waals surface area contributed by atoms with Gasteiger partial charge in [-0.1, -0.05) is 36.4 Å². The molecule has 0 radical (unpaired) electrons. The summed E-state index contributed by atoms with van der Waals surface area (Å²) in [4.78, 5) is 42.9. The van der Waals surface area contributed by atoms with Crippen molar-refractivity contribution in [2.45, 2.75) is 32.4 Å². The maximum absolute atomic E-state index is 12.4. The molecule has 3 N–H and O–H groups in total. The summed E-state index contributed by atoms with van der Waals surface area (Å²) in [5.41, 5.74) is 9.10. The lowest BCUT2D eigenvalue weighted by molar-refractivity contribution is -0.129. The van der Waals surface area contributed by atoms with Crippen LogP contribution in [-0.4, -0.2) is 68.4 Å². The molecule has 10 heteroatoms. The van der Waals surface area contributed by atoms with Gasteiger partial charge in [-0.3, -0.25) is 14.6 Å². The molecule has 3 heterocycles. The van der Waals surface area contributed by atoms with Crippen molar-refractivity contribution in [1.82, 2.24) is 19.4 Å². The van der Waals surface area contributed by atoms with Gasteiger partial charge in [-0.05, 0) is 48.7 Å². The number of benzene rings is 2. The molecule has 0 spiro atoms. The summed E-state index contributed by atoms with van der Waals surface area (Å²) in [5, 5.41) is 11.0. The molecule has 5 rings (SSSR count). The largest absolute Gasteiger partial charge is 0.404 e. The molecule has 10 nitrogen and oxygen atoms in total. The number of nitrogens with two attached hydrogens (primary N) is 1. The second kappa shape index (κ2) is 12.2. The van der Waals surface area contributed by atoms with Crippen LogP contribution in [0.25, 0.3) is 27.6 Å². The van der Waals surface area contributed by atoms with E-state index in [1.54, 1.807) is 44.7 Å². The Balaban J connectivity index is 1.69. The number of allylic oxidation sites excluding steroid dienone is 1. The van der Waals surface area contributed by atoms with Gasteiger partial charge in [0.15, 0.2) is 5.82 Å². The monoisotopic (exact) mass is 579 g/mol. The minimum atomic E-state index is -0.970. The third-order valence-corrected chi connectivity index (χ3v) is 7.52. The number of aliphatic hydroxyl groups is 1. The van der Waals surface area contributed by atoms with Gasteiger partial charge in [0.2, 0.25) is 11.5 Å². The van der Waals surface area contributed by atoms with Gasteiger partial charge in [0.25, 0.3) is 0 Å². The lowest BCUT2D eigenvalue weighted by Crippen LogP contribution is -2.50. The van der Waals surface area contributed by atoms with E-state index in [1.807, 2.05) is 53.6 Å². The number of piperazine rings is 1. The number of amides is 1. The van der Waals surface area contributed by atoms with Gasteiger partial charge in [-0.25, -0.2) is 9.97 Å². The van der Waals surface area contributed by atoms with Crippen molar-refractivity contribution in [2.75, 3.05) is 31.1 Å². The van der Waals surface area contributed by atoms with Gasteiger partial charge in [-0.15, -0.1) is 0 Å². The molecule has 0 unspecified atom stereocenters. The van der Waals surface area contributed by atoms with E-state index in [4.69, 9.17) is 15.7 Å². The molecule has 0 bridgehead atoms. The van der Waals surface area contributed by atoms with Crippen molar-refractivity contribution >= 4 is 34.4 Å². The number of fused-ring (bicyclic) bond motifs is 1. The number of aromatic nitrogens is 3. The quantitative estimate of drug-likeness (QED) is 0.320. The summed E-state index contributed by atoms with van der Waals surface area (Å²) >= 11 is 0. The first-order valence-electron chi connectivity index (χ1n) is 14.2. The highest BCUT2D eigenvalue weighted by atomic mass is 16.3. The van der Waals surface area contributed by atoms with Crippen molar-refractivity contribution in [3.8, 4) is 11.1 Å². The van der Waals surface area contributed by atoms with Gasteiger partial charge < -0.3 is 25.2 Å². The standard InChI is InChI=1S/C33H37N7O3/c1-22(41)39-14-15-40(29(20-39)23-8-6-5-7-9-23)32-27-16-24(25-11-13-30(42)38(4)19-25)10-12-28(27)36-31(37-32)26(17-34)18-35-21-33(2,3)43/h5-13,16-19,29,43H,14-15,20-21,34H2,1-4H3/t29-/m1/s1. The predicted octanol–water partition coefficient (Wildman–Crippen LogP) is 3.55. The Labute approximate surface area is 250 Å². The maximum Gasteiger partial charge on any atom is 0.250 e. The number of carbonyl (C=O) groups excluding carboxylic acids is 1. The molecule has 4 aromatic rings. The van der Waals surface area contributed by atoms with Crippen LogP contribution in [0.2, 0.25) is 0 Å². The smallest absolute Gasteiger partial charge is 0.250 e. The van der Waals surface area contributed by atoms with Crippen LogP contribution < -0.4 is 16.2 Å². The number of pyridine rings is 1. The summed E-state index contributed by atoms with van der Waals surface area (Å²) in [5.74, 6) is 1.14. The third-order valence-electron chi connectivity index (χ3n) is 7.52. The molecule has 2 aromatic heterocycles. The van der Waals surface area contributed by atoms with E-state index in [0.717, 1.165) is 22.1 Å². The minimum Gasteiger partial charge on any atom is -0.404 e. The van der Waals surface area contributed by atoms with E-state index in [-0.39, 0.29) is 24.1 Å². The van der Waals surface area contributed by atoms with Crippen LogP contribution in [0.3, 0.4) is 0 Å². The molecule has 1 aliphatic heterocycles. The van der Waals surface area contributed by atoms with Crippen molar-refractivity contribution in [2.24, 2.45) is 17.8 Å². The first-order chi connectivity index (χ1) is 20.5. The molecule has 1 amide bonds. The number of aryl methyl sites for hydroxylation is 1. The Morgan fingerprint density at radius 1 is 1.09 bits per heavy atom. The minimum absolute atomic E-state index is 0.0298. The number of anilines is 1. The van der Waals surface area contributed by atoms with E-state index in [9.17, 15) is 14.7 Å². The lowest BCUT2D eigenvalue weighted by Gasteiger charge is -2.42. The van der Waals surface area contributed by atoms with Crippen LogP contribution in [0.1, 0.15) is 38.2 Å². The molecule has 1 saturated heterocycles. The molecule has 1 aliphatic rings. The topological polar surface area (TPSA) is 130 Å². The molecule has 1 atom stereocenters. The molecule has 43 heavy (non-hydrogen) atoms. The number of rotatable bonds is 7. The van der Waals surface area contributed by atoms with Crippen molar-refractivity contribution in [1.29, 1.82) is 0 Å². The van der Waals surface area contributed by atoms with Crippen molar-refractivity contribution < 1.29 is 9.90 Å². The molecule has 1 fully saturated rings. The zero-order valence-corrected chi connectivity index (χ0v) is 24.9. The molecule has 2 aromatic carbocycles. The summed E-state index contributed by atoms with van der Waals surface area (Å²) in [6, 6.07) is 19.3. The van der Waals surface area contributed by atoms with Crippen molar-refractivity contribution in [3.05, 3.63) is 94.8 Å². The van der Waals surface area contributed by atoms with Crippen LogP contribution in [0.5, 0.6) is 0 Å². The van der Waals surface area contributed by atoms with Crippen LogP contribution in [-0.2, 0) is 11.8 Å². The Kier molecular flexibility index (Phi) is 8.40. The third kappa shape index (κ3) is 6.65. The fourth-order valence-corrected chi connectivity index (χ4v) is 5.23. The van der Waals surface area contributed by atoms with E-state index in [1.165, 1.54) is 6.20 Å². The second-order valence-electron chi connectivity index (χ2n) is 11.5. The van der Waals surface area contributed by atoms with Crippen LogP contribution >= 0.6 is 0 Å². The van der Waals surface area contributed by atoms with Crippen LogP contribution in [0.15, 0.2) is 82.8 Å². The SMILES string of the molecule is CC(=O)N1CCN(c2nc(C(C=NCC(C)(C)O)=CN)nc3ccc(-c4ccc(=O)n(C)c4)cc23)[C@@H](c2ccccc2)C1. The summed E-state index contributed by atoms with van der Waals surface area (Å²) in [6.45, 7) is 6.78. The highest BCUT2D eigenvalue weighted by molar-refractivity contribution is 6.09.